The van der Waals surface area contributed by atoms with Gasteiger partial charge in [-0.25, -0.2) is 0 Å². The highest BCUT2D eigenvalue weighted by molar-refractivity contribution is 5.85. The third kappa shape index (κ3) is 2.96. The predicted octanol–water partition coefficient (Wildman–Crippen LogP) is 2.55. The number of piperidine rings is 1. The van der Waals surface area contributed by atoms with E-state index in [1.54, 1.807) is 14.2 Å². The molecule has 4 aliphatic rings. The molecule has 5 nitrogen and oxygen atoms in total. The number of methoxy groups -OCH3 is 2. The molecule has 0 spiro atoms. The number of aliphatic hydroxyl groups is 1. The molecule has 1 heterocycles. The van der Waals surface area contributed by atoms with E-state index in [0.29, 0.717) is 25.9 Å². The van der Waals surface area contributed by atoms with Gasteiger partial charge in [0.05, 0.1) is 12.7 Å². The Kier molecular flexibility index (Phi) is 4.76. The SMILES string of the molecule is COCCC1CC2(O)C3Cc4c(CC5CC5)cc(OC)cc4C2(CCN3)CC1=O. The number of nitrogens with one attached hydrogen (secondary N) is 1. The monoisotopic (exact) mass is 399 g/mol. The van der Waals surface area contributed by atoms with Crippen LogP contribution in [0.15, 0.2) is 12.1 Å². The third-order valence-electron chi connectivity index (χ3n) is 8.19. The smallest absolute Gasteiger partial charge is 0.137 e. The van der Waals surface area contributed by atoms with Crippen molar-refractivity contribution < 1.29 is 19.4 Å². The third-order valence-corrected chi connectivity index (χ3v) is 8.19. The summed E-state index contributed by atoms with van der Waals surface area (Å²) in [7, 11) is 3.39. The zero-order valence-electron chi connectivity index (χ0n) is 17.6. The highest BCUT2D eigenvalue weighted by Gasteiger charge is 2.64. The molecule has 5 heteroatoms. The Morgan fingerprint density at radius 2 is 2.10 bits per heavy atom. The van der Waals surface area contributed by atoms with Crippen LogP contribution in [0.2, 0.25) is 0 Å². The van der Waals surface area contributed by atoms with Crippen molar-refractivity contribution in [2.75, 3.05) is 27.4 Å². The van der Waals surface area contributed by atoms with Gasteiger partial charge in [-0.15, -0.1) is 0 Å². The minimum absolute atomic E-state index is 0.00763. The Labute approximate surface area is 173 Å². The molecule has 2 N–H and O–H groups in total. The Morgan fingerprint density at radius 3 is 2.83 bits per heavy atom. The fourth-order valence-corrected chi connectivity index (χ4v) is 6.42. The molecule has 1 aromatic carbocycles. The minimum Gasteiger partial charge on any atom is -0.497 e. The molecule has 1 saturated heterocycles. The summed E-state index contributed by atoms with van der Waals surface area (Å²) in [6, 6.07) is 4.33. The summed E-state index contributed by atoms with van der Waals surface area (Å²) < 4.78 is 10.9. The molecule has 1 aromatic rings. The fourth-order valence-electron chi connectivity index (χ4n) is 6.42. The Bertz CT molecular complexity index is 819. The first-order chi connectivity index (χ1) is 14.0. The van der Waals surface area contributed by atoms with Crippen molar-refractivity contribution in [3.8, 4) is 5.75 Å². The van der Waals surface area contributed by atoms with E-state index in [1.165, 1.54) is 29.5 Å². The number of rotatable bonds is 6. The van der Waals surface area contributed by atoms with Gasteiger partial charge in [-0.3, -0.25) is 4.79 Å². The van der Waals surface area contributed by atoms with E-state index in [0.717, 1.165) is 37.5 Å². The maximum Gasteiger partial charge on any atom is 0.137 e. The molecule has 0 amide bonds. The van der Waals surface area contributed by atoms with Gasteiger partial charge in [0, 0.05) is 37.5 Å². The average molecular weight is 400 g/mol. The van der Waals surface area contributed by atoms with Crippen LogP contribution in [0.3, 0.4) is 0 Å². The first-order valence-corrected chi connectivity index (χ1v) is 11.2. The van der Waals surface area contributed by atoms with E-state index in [-0.39, 0.29) is 17.7 Å². The lowest BCUT2D eigenvalue weighted by atomic mass is 9.48. The molecular weight excluding hydrogens is 366 g/mol. The Morgan fingerprint density at radius 1 is 1.28 bits per heavy atom. The summed E-state index contributed by atoms with van der Waals surface area (Å²) in [6.07, 6.45) is 6.99. The maximum absolute atomic E-state index is 13.2. The number of benzene rings is 1. The number of Topliss-reactive ketones (excluding diaryl/α,β-unsaturated/α-hetero) is 1. The minimum atomic E-state index is -0.895. The van der Waals surface area contributed by atoms with E-state index in [9.17, 15) is 9.90 Å². The zero-order chi connectivity index (χ0) is 20.2. The van der Waals surface area contributed by atoms with Gasteiger partial charge in [0.1, 0.15) is 11.5 Å². The van der Waals surface area contributed by atoms with Crippen molar-refractivity contribution in [1.29, 1.82) is 0 Å². The second kappa shape index (κ2) is 7.07. The van der Waals surface area contributed by atoms with E-state index < -0.39 is 11.0 Å². The molecule has 1 aliphatic heterocycles. The lowest BCUT2D eigenvalue weighted by Gasteiger charge is -2.62. The van der Waals surface area contributed by atoms with Crippen LogP contribution in [-0.4, -0.2) is 49.9 Å². The van der Waals surface area contributed by atoms with Crippen molar-refractivity contribution >= 4 is 5.78 Å². The molecule has 0 aromatic heterocycles. The normalized spacial score (nSPS) is 35.8. The van der Waals surface area contributed by atoms with E-state index in [1.807, 2.05) is 0 Å². The molecule has 0 radical (unpaired) electrons. The molecule has 4 atom stereocenters. The number of ether oxygens (including phenoxy) is 2. The molecule has 3 fully saturated rings. The van der Waals surface area contributed by atoms with Crippen molar-refractivity contribution in [2.24, 2.45) is 11.8 Å². The van der Waals surface area contributed by atoms with Gasteiger partial charge in [0.2, 0.25) is 0 Å². The van der Waals surface area contributed by atoms with E-state index >= 15 is 0 Å². The van der Waals surface area contributed by atoms with Gasteiger partial charge >= 0.3 is 0 Å². The number of ketones is 1. The predicted molar refractivity (Wildman–Crippen MR) is 110 cm³/mol. The highest BCUT2D eigenvalue weighted by Crippen LogP contribution is 2.58. The van der Waals surface area contributed by atoms with Gasteiger partial charge in [0.15, 0.2) is 0 Å². The summed E-state index contributed by atoms with van der Waals surface area (Å²) in [5.41, 5.74) is 2.53. The number of hydrogen-bond acceptors (Lipinski definition) is 5. The van der Waals surface area contributed by atoms with Gasteiger partial charge in [-0.05, 0) is 86.2 Å². The zero-order valence-corrected chi connectivity index (χ0v) is 17.6. The summed E-state index contributed by atoms with van der Waals surface area (Å²) in [4.78, 5) is 13.2. The van der Waals surface area contributed by atoms with Crippen LogP contribution in [-0.2, 0) is 27.8 Å². The van der Waals surface area contributed by atoms with Gasteiger partial charge in [-0.2, -0.15) is 0 Å². The topological polar surface area (TPSA) is 67.8 Å². The van der Waals surface area contributed by atoms with Crippen LogP contribution in [0.5, 0.6) is 5.75 Å². The first-order valence-electron chi connectivity index (χ1n) is 11.2. The Balaban J connectivity index is 1.62. The highest BCUT2D eigenvalue weighted by atomic mass is 16.5. The maximum atomic E-state index is 13.2. The summed E-state index contributed by atoms with van der Waals surface area (Å²) in [6.45, 7) is 1.41. The fraction of sp³-hybridized carbons (Fsp3) is 0.708. The molecule has 2 saturated carbocycles. The summed E-state index contributed by atoms with van der Waals surface area (Å²) in [5, 5.41) is 15.8. The van der Waals surface area contributed by atoms with Crippen molar-refractivity contribution in [3.05, 3.63) is 28.8 Å². The standard InChI is InChI=1S/C24H33NO4/c1-28-8-5-16-13-24(27)22-12-19-17(9-15-3-4-15)10-18(29-2)11-20(19)23(24,6-7-25-22)14-21(16)26/h10-11,15-16,22,25,27H,3-9,12-14H2,1-2H3. The van der Waals surface area contributed by atoms with E-state index in [2.05, 4.69) is 17.4 Å². The quantitative estimate of drug-likeness (QED) is 0.770. The van der Waals surface area contributed by atoms with Crippen LogP contribution in [0.4, 0.5) is 0 Å². The van der Waals surface area contributed by atoms with Crippen molar-refractivity contribution in [3.63, 3.8) is 0 Å². The largest absolute Gasteiger partial charge is 0.497 e. The second-order valence-electron chi connectivity index (χ2n) is 9.75. The molecular formula is C24H33NO4. The molecule has 4 unspecified atom stereocenters. The summed E-state index contributed by atoms with van der Waals surface area (Å²) in [5.74, 6) is 1.81. The average Bonchev–Trinajstić information content (AvgIpc) is 3.51. The molecule has 5 rings (SSSR count). The lowest BCUT2D eigenvalue weighted by molar-refractivity contribution is -0.160. The van der Waals surface area contributed by atoms with Gasteiger partial charge in [-0.1, -0.05) is 0 Å². The van der Waals surface area contributed by atoms with Crippen LogP contribution < -0.4 is 10.1 Å². The molecule has 3 aliphatic carbocycles. The van der Waals surface area contributed by atoms with Crippen LogP contribution in [0, 0.1) is 11.8 Å². The van der Waals surface area contributed by atoms with Crippen molar-refractivity contribution in [2.45, 2.75) is 68.4 Å². The van der Waals surface area contributed by atoms with Crippen LogP contribution in [0.1, 0.15) is 55.2 Å². The summed E-state index contributed by atoms with van der Waals surface area (Å²) >= 11 is 0. The number of carbonyl (C=O) groups excluding carboxylic acids is 1. The van der Waals surface area contributed by atoms with Crippen molar-refractivity contribution in [1.82, 2.24) is 5.32 Å². The lowest BCUT2D eigenvalue weighted by Crippen LogP contribution is -2.73. The number of carbonyl (C=O) groups is 1. The first kappa shape index (κ1) is 19.5. The van der Waals surface area contributed by atoms with E-state index in [4.69, 9.17) is 9.47 Å². The van der Waals surface area contributed by atoms with Crippen LogP contribution >= 0.6 is 0 Å². The molecule has 158 valence electrons. The second-order valence-corrected chi connectivity index (χ2v) is 9.75. The Hall–Kier alpha value is -1.43. The van der Waals surface area contributed by atoms with Gasteiger partial charge in [0.25, 0.3) is 0 Å². The number of hydrogen-bond donors (Lipinski definition) is 2. The van der Waals surface area contributed by atoms with Gasteiger partial charge < -0.3 is 19.9 Å². The molecule has 2 bridgehead atoms. The number of fused-ring (bicyclic) bond motifs is 1. The molecule has 29 heavy (non-hydrogen) atoms. The van der Waals surface area contributed by atoms with Crippen LogP contribution in [0.25, 0.3) is 0 Å².